The van der Waals surface area contributed by atoms with E-state index >= 15 is 0 Å². The van der Waals surface area contributed by atoms with E-state index in [0.29, 0.717) is 0 Å². The summed E-state index contributed by atoms with van der Waals surface area (Å²) in [5, 5.41) is 7.50. The van der Waals surface area contributed by atoms with Gasteiger partial charge in [0.1, 0.15) is 0 Å². The number of halogens is 3. The second kappa shape index (κ2) is 3.25. The van der Waals surface area contributed by atoms with Crippen molar-refractivity contribution in [2.75, 3.05) is 0 Å². The predicted octanol–water partition coefficient (Wildman–Crippen LogP) is 2.39. The molecule has 0 bridgehead atoms. The van der Waals surface area contributed by atoms with E-state index in [-0.39, 0.29) is 17.8 Å². The Morgan fingerprint density at radius 3 is 2.93 bits per heavy atom. The molecule has 1 heterocycles. The lowest BCUT2D eigenvalue weighted by Crippen LogP contribution is -2.10. The van der Waals surface area contributed by atoms with Gasteiger partial charge in [0.25, 0.3) is 5.92 Å². The summed E-state index contributed by atoms with van der Waals surface area (Å²) in [6.45, 7) is 2.18. The maximum absolute atomic E-state index is 12.6. The van der Waals surface area contributed by atoms with E-state index in [1.807, 2.05) is 6.92 Å². The topological polar surface area (TPSA) is 30.7 Å². The second-order valence-corrected chi connectivity index (χ2v) is 4.99. The smallest absolute Gasteiger partial charge is 0.248 e. The summed E-state index contributed by atoms with van der Waals surface area (Å²) in [6, 6.07) is 0. The third-order valence-corrected chi connectivity index (χ3v) is 2.87. The monoisotopic (exact) mass is 265 g/mol. The molecule has 1 aliphatic carbocycles. The van der Waals surface area contributed by atoms with Crippen LogP contribution in [-0.2, 0) is 6.54 Å². The molecule has 1 aliphatic rings. The van der Waals surface area contributed by atoms with Crippen LogP contribution in [0.1, 0.15) is 23.9 Å². The van der Waals surface area contributed by atoms with Crippen LogP contribution in [0.25, 0.3) is 0 Å². The molecule has 1 aromatic heterocycles. The molecule has 0 spiro atoms. The highest BCUT2D eigenvalue weighted by Gasteiger charge is 2.57. The van der Waals surface area contributed by atoms with Crippen molar-refractivity contribution < 1.29 is 8.78 Å². The van der Waals surface area contributed by atoms with E-state index < -0.39 is 11.8 Å². The van der Waals surface area contributed by atoms with Gasteiger partial charge in [-0.2, -0.15) is 0 Å². The molecule has 1 aromatic rings. The van der Waals surface area contributed by atoms with Crippen molar-refractivity contribution in [1.82, 2.24) is 15.0 Å². The number of rotatable bonds is 3. The van der Waals surface area contributed by atoms with Crippen molar-refractivity contribution >= 4 is 15.9 Å². The van der Waals surface area contributed by atoms with E-state index in [2.05, 4.69) is 26.2 Å². The van der Waals surface area contributed by atoms with Crippen LogP contribution >= 0.6 is 15.9 Å². The average Bonchev–Trinajstić information content (AvgIpc) is 2.52. The fourth-order valence-corrected chi connectivity index (χ4v) is 1.75. The molecule has 0 saturated heterocycles. The Morgan fingerprint density at radius 2 is 2.43 bits per heavy atom. The molecule has 1 fully saturated rings. The molecule has 3 nitrogen and oxygen atoms in total. The molecule has 1 saturated carbocycles. The van der Waals surface area contributed by atoms with E-state index in [4.69, 9.17) is 0 Å². The zero-order valence-corrected chi connectivity index (χ0v) is 9.21. The van der Waals surface area contributed by atoms with Crippen molar-refractivity contribution in [3.8, 4) is 0 Å². The van der Waals surface area contributed by atoms with Gasteiger partial charge in [-0.05, 0) is 6.92 Å². The molecule has 0 radical (unpaired) electrons. The fourth-order valence-electron chi connectivity index (χ4n) is 1.39. The van der Waals surface area contributed by atoms with Gasteiger partial charge in [0.2, 0.25) is 0 Å². The van der Waals surface area contributed by atoms with Crippen LogP contribution in [0.4, 0.5) is 8.78 Å². The molecule has 2 rings (SSSR count). The number of alkyl halides is 3. The Labute approximate surface area is 88.6 Å². The third-order valence-electron chi connectivity index (χ3n) is 2.40. The quantitative estimate of drug-likeness (QED) is 0.786. The van der Waals surface area contributed by atoms with Crippen molar-refractivity contribution in [2.45, 2.75) is 30.6 Å². The summed E-state index contributed by atoms with van der Waals surface area (Å²) in [4.78, 5) is 0.0878. The van der Waals surface area contributed by atoms with Gasteiger partial charge in [-0.25, -0.2) is 13.5 Å². The number of hydrogen-bond acceptors (Lipinski definition) is 2. The Hall–Kier alpha value is -0.520. The van der Waals surface area contributed by atoms with Crippen molar-refractivity contribution in [2.24, 2.45) is 5.92 Å². The van der Waals surface area contributed by atoms with Crippen molar-refractivity contribution in [3.05, 3.63) is 11.9 Å². The summed E-state index contributed by atoms with van der Waals surface area (Å²) < 4.78 is 26.8. The first-order chi connectivity index (χ1) is 6.50. The lowest BCUT2D eigenvalue weighted by atomic mass is 10.3. The second-order valence-electron chi connectivity index (χ2n) is 3.62. The lowest BCUT2D eigenvalue weighted by Gasteiger charge is -2.06. The summed E-state index contributed by atoms with van der Waals surface area (Å²) in [5.74, 6) is -3.05. The molecule has 0 N–H and O–H groups in total. The molecule has 0 aromatic carbocycles. The molecule has 0 aliphatic heterocycles. The third kappa shape index (κ3) is 1.80. The van der Waals surface area contributed by atoms with Gasteiger partial charge >= 0.3 is 0 Å². The maximum Gasteiger partial charge on any atom is 0.253 e. The first-order valence-corrected chi connectivity index (χ1v) is 5.32. The highest BCUT2D eigenvalue weighted by Crippen LogP contribution is 2.49. The molecular formula is C8H10BrF2N3. The SMILES string of the molecule is CC(Br)c1cnnn1CC1CC1(F)F. The number of hydrogen-bond donors (Lipinski definition) is 0. The Bertz CT molecular complexity index is 337. The van der Waals surface area contributed by atoms with Gasteiger partial charge in [-0.3, -0.25) is 0 Å². The molecular weight excluding hydrogens is 256 g/mol. The zero-order valence-electron chi connectivity index (χ0n) is 7.62. The van der Waals surface area contributed by atoms with Crippen LogP contribution in [0, 0.1) is 5.92 Å². The first kappa shape index (κ1) is 10.0. The average molecular weight is 266 g/mol. The van der Waals surface area contributed by atoms with Gasteiger partial charge < -0.3 is 0 Å². The van der Waals surface area contributed by atoms with Crippen molar-refractivity contribution in [3.63, 3.8) is 0 Å². The predicted molar refractivity (Wildman–Crippen MR) is 50.4 cm³/mol. The van der Waals surface area contributed by atoms with Gasteiger partial charge in [-0.1, -0.05) is 21.1 Å². The largest absolute Gasteiger partial charge is 0.253 e. The molecule has 2 atom stereocenters. The highest BCUT2D eigenvalue weighted by molar-refractivity contribution is 9.09. The van der Waals surface area contributed by atoms with Gasteiger partial charge in [-0.15, -0.1) is 5.10 Å². The number of aromatic nitrogens is 3. The van der Waals surface area contributed by atoms with Crippen molar-refractivity contribution in [1.29, 1.82) is 0 Å². The zero-order chi connectivity index (χ0) is 10.3. The van der Waals surface area contributed by atoms with Gasteiger partial charge in [0.05, 0.1) is 23.3 Å². The lowest BCUT2D eigenvalue weighted by molar-refractivity contribution is 0.0939. The maximum atomic E-state index is 12.6. The minimum atomic E-state index is -2.49. The van der Waals surface area contributed by atoms with Crippen LogP contribution in [0.2, 0.25) is 0 Å². The van der Waals surface area contributed by atoms with Crippen LogP contribution in [0.15, 0.2) is 6.20 Å². The molecule has 14 heavy (non-hydrogen) atoms. The molecule has 0 amide bonds. The molecule has 78 valence electrons. The normalized spacial score (nSPS) is 26.1. The summed E-state index contributed by atoms with van der Waals surface area (Å²) in [7, 11) is 0. The van der Waals surface area contributed by atoms with E-state index in [0.717, 1.165) is 5.69 Å². The minimum absolute atomic E-state index is 0.0248. The van der Waals surface area contributed by atoms with Crippen LogP contribution < -0.4 is 0 Å². The van der Waals surface area contributed by atoms with E-state index in [1.54, 1.807) is 10.9 Å². The van der Waals surface area contributed by atoms with Gasteiger partial charge in [0, 0.05) is 12.3 Å². The summed E-state index contributed by atoms with van der Waals surface area (Å²) >= 11 is 3.36. The standard InChI is InChI=1S/C8H10BrF2N3/c1-5(9)7-3-12-13-14(7)4-6-2-8(6,10)11/h3,5-6H,2,4H2,1H3. The first-order valence-electron chi connectivity index (χ1n) is 4.41. The Balaban J connectivity index is 2.07. The fraction of sp³-hybridized carbons (Fsp3) is 0.750. The van der Waals surface area contributed by atoms with Crippen LogP contribution in [0.5, 0.6) is 0 Å². The Morgan fingerprint density at radius 1 is 1.79 bits per heavy atom. The van der Waals surface area contributed by atoms with Gasteiger partial charge in [0.15, 0.2) is 0 Å². The minimum Gasteiger partial charge on any atom is -0.248 e. The molecule has 6 heteroatoms. The highest BCUT2D eigenvalue weighted by atomic mass is 79.9. The van der Waals surface area contributed by atoms with E-state index in [1.165, 1.54) is 0 Å². The van der Waals surface area contributed by atoms with E-state index in [9.17, 15) is 8.78 Å². The molecule has 2 unspecified atom stereocenters. The van der Waals surface area contributed by atoms with Crippen LogP contribution in [0.3, 0.4) is 0 Å². The summed E-state index contributed by atoms with van der Waals surface area (Å²) in [6.07, 6.45) is 1.57. The number of nitrogens with zero attached hydrogens (tertiary/aromatic N) is 3. The van der Waals surface area contributed by atoms with Crippen LogP contribution in [-0.4, -0.2) is 20.9 Å². The Kier molecular flexibility index (Phi) is 2.33. The summed E-state index contributed by atoms with van der Waals surface area (Å²) in [5.41, 5.74) is 0.840.